The van der Waals surface area contributed by atoms with Gasteiger partial charge in [0.1, 0.15) is 11.6 Å². The van der Waals surface area contributed by atoms with Gasteiger partial charge in [-0.3, -0.25) is 0 Å². The van der Waals surface area contributed by atoms with Crippen molar-refractivity contribution in [2.45, 2.75) is 70.4 Å². The maximum absolute atomic E-state index is 6.02. The van der Waals surface area contributed by atoms with Gasteiger partial charge in [-0.2, -0.15) is 0 Å². The Morgan fingerprint density at radius 2 is 1.90 bits per heavy atom. The van der Waals surface area contributed by atoms with Gasteiger partial charge in [0.25, 0.3) is 0 Å². The lowest BCUT2D eigenvalue weighted by atomic mass is 9.89. The first-order valence-corrected chi connectivity index (χ1v) is 8.57. The first-order chi connectivity index (χ1) is 10.3. The number of aromatic nitrogens is 2. The Labute approximate surface area is 126 Å². The van der Waals surface area contributed by atoms with Gasteiger partial charge in [-0.25, -0.2) is 9.97 Å². The third kappa shape index (κ3) is 2.44. The van der Waals surface area contributed by atoms with Crippen molar-refractivity contribution < 1.29 is 4.74 Å². The van der Waals surface area contributed by atoms with Gasteiger partial charge in [0.15, 0.2) is 0 Å². The van der Waals surface area contributed by atoms with E-state index >= 15 is 0 Å². The predicted octanol–water partition coefficient (Wildman–Crippen LogP) is 2.81. The van der Waals surface area contributed by atoms with Gasteiger partial charge in [0, 0.05) is 17.8 Å². The molecule has 2 heterocycles. The summed E-state index contributed by atoms with van der Waals surface area (Å²) in [5, 5.41) is 0. The highest BCUT2D eigenvalue weighted by molar-refractivity contribution is 5.52. The third-order valence-corrected chi connectivity index (χ3v) is 5.28. The normalized spacial score (nSPS) is 28.9. The second-order valence-corrected chi connectivity index (χ2v) is 6.68. The Bertz CT molecular complexity index is 529. The fourth-order valence-corrected chi connectivity index (χ4v) is 4.29. The molecule has 4 nitrogen and oxygen atoms in total. The van der Waals surface area contributed by atoms with E-state index in [-0.39, 0.29) is 0 Å². The molecule has 1 aromatic heterocycles. The minimum Gasteiger partial charge on any atom is -0.374 e. The number of anilines is 1. The van der Waals surface area contributed by atoms with E-state index in [1.165, 1.54) is 55.6 Å². The number of morpholine rings is 1. The topological polar surface area (TPSA) is 38.2 Å². The summed E-state index contributed by atoms with van der Waals surface area (Å²) in [7, 11) is 0. The van der Waals surface area contributed by atoms with E-state index in [2.05, 4.69) is 4.90 Å². The summed E-state index contributed by atoms with van der Waals surface area (Å²) in [6, 6.07) is 0.535. The molecule has 2 atom stereocenters. The molecule has 21 heavy (non-hydrogen) atoms. The highest BCUT2D eigenvalue weighted by atomic mass is 16.5. The van der Waals surface area contributed by atoms with Crippen LogP contribution in [-0.2, 0) is 17.6 Å². The van der Waals surface area contributed by atoms with Crippen LogP contribution in [0.3, 0.4) is 0 Å². The van der Waals surface area contributed by atoms with Gasteiger partial charge in [-0.15, -0.1) is 0 Å². The largest absolute Gasteiger partial charge is 0.374 e. The minimum atomic E-state index is 0.419. The monoisotopic (exact) mass is 287 g/mol. The molecule has 4 heteroatoms. The molecule has 1 saturated carbocycles. The molecule has 3 aliphatic rings. The van der Waals surface area contributed by atoms with Crippen LogP contribution in [0.4, 0.5) is 5.82 Å². The summed E-state index contributed by atoms with van der Waals surface area (Å²) >= 11 is 0. The quantitative estimate of drug-likeness (QED) is 0.796. The van der Waals surface area contributed by atoms with Crippen LogP contribution in [0.15, 0.2) is 0 Å². The molecule has 1 aliphatic heterocycles. The molecule has 2 unspecified atom stereocenters. The molecule has 1 aromatic rings. The average Bonchev–Trinajstić information content (AvgIpc) is 2.53. The van der Waals surface area contributed by atoms with E-state index in [0.717, 1.165) is 31.8 Å². The van der Waals surface area contributed by atoms with Gasteiger partial charge < -0.3 is 9.64 Å². The second-order valence-electron chi connectivity index (χ2n) is 6.68. The highest BCUT2D eigenvalue weighted by Crippen LogP contribution is 2.35. The van der Waals surface area contributed by atoms with Crippen molar-refractivity contribution in [3.8, 4) is 0 Å². The first kappa shape index (κ1) is 13.5. The zero-order valence-electron chi connectivity index (χ0n) is 13.0. The summed E-state index contributed by atoms with van der Waals surface area (Å²) in [5.74, 6) is 2.17. The summed E-state index contributed by atoms with van der Waals surface area (Å²) in [4.78, 5) is 12.1. The molecule has 0 amide bonds. The first-order valence-electron chi connectivity index (χ1n) is 8.57. The van der Waals surface area contributed by atoms with Crippen LogP contribution < -0.4 is 4.90 Å². The molecular weight excluding hydrogens is 262 g/mol. The Kier molecular flexibility index (Phi) is 3.57. The molecule has 0 spiro atoms. The standard InChI is InChI=1S/C17H25N3O/c1-12-18-14-7-3-2-6-13(14)17(19-12)20-10-11-21-16-9-5-4-8-15(16)20/h15-16H,2-11H2,1H3. The lowest BCUT2D eigenvalue weighted by Gasteiger charge is -2.45. The number of ether oxygens (including phenoxy) is 1. The molecule has 4 rings (SSSR count). The van der Waals surface area contributed by atoms with Crippen LogP contribution in [0.5, 0.6) is 0 Å². The maximum Gasteiger partial charge on any atom is 0.136 e. The van der Waals surface area contributed by atoms with E-state index in [1.54, 1.807) is 0 Å². The number of hydrogen-bond donors (Lipinski definition) is 0. The molecule has 114 valence electrons. The van der Waals surface area contributed by atoms with Crippen molar-refractivity contribution in [3.05, 3.63) is 17.1 Å². The Morgan fingerprint density at radius 1 is 1.05 bits per heavy atom. The van der Waals surface area contributed by atoms with E-state index in [4.69, 9.17) is 14.7 Å². The number of rotatable bonds is 1. The van der Waals surface area contributed by atoms with Crippen molar-refractivity contribution in [2.24, 2.45) is 0 Å². The fourth-order valence-electron chi connectivity index (χ4n) is 4.29. The summed E-state index contributed by atoms with van der Waals surface area (Å²) < 4.78 is 6.02. The fraction of sp³-hybridized carbons (Fsp3) is 0.765. The molecule has 0 bridgehead atoms. The van der Waals surface area contributed by atoms with Gasteiger partial charge in [-0.1, -0.05) is 12.8 Å². The lowest BCUT2D eigenvalue weighted by Crippen LogP contribution is -2.53. The van der Waals surface area contributed by atoms with Crippen molar-refractivity contribution >= 4 is 5.82 Å². The summed E-state index contributed by atoms with van der Waals surface area (Å²) in [5.41, 5.74) is 2.74. The van der Waals surface area contributed by atoms with Gasteiger partial charge in [0.2, 0.25) is 0 Å². The predicted molar refractivity (Wildman–Crippen MR) is 82.8 cm³/mol. The van der Waals surface area contributed by atoms with Crippen LogP contribution in [-0.4, -0.2) is 35.3 Å². The van der Waals surface area contributed by atoms with Gasteiger partial charge >= 0.3 is 0 Å². The molecule has 0 N–H and O–H groups in total. The Morgan fingerprint density at radius 3 is 2.86 bits per heavy atom. The number of fused-ring (bicyclic) bond motifs is 2. The zero-order chi connectivity index (χ0) is 14.2. The minimum absolute atomic E-state index is 0.419. The van der Waals surface area contributed by atoms with E-state index < -0.39 is 0 Å². The number of nitrogens with zero attached hydrogens (tertiary/aromatic N) is 3. The Hall–Kier alpha value is -1.16. The molecule has 2 fully saturated rings. The molecule has 2 aliphatic carbocycles. The number of aryl methyl sites for hydroxylation is 2. The smallest absolute Gasteiger partial charge is 0.136 e. The van der Waals surface area contributed by atoms with Gasteiger partial charge in [-0.05, 0) is 45.4 Å². The molecule has 0 aromatic carbocycles. The maximum atomic E-state index is 6.02. The Balaban J connectivity index is 1.73. The zero-order valence-corrected chi connectivity index (χ0v) is 13.0. The van der Waals surface area contributed by atoms with Crippen molar-refractivity contribution in [1.29, 1.82) is 0 Å². The number of hydrogen-bond acceptors (Lipinski definition) is 4. The molecular formula is C17H25N3O. The summed E-state index contributed by atoms with van der Waals surface area (Å²) in [6.45, 7) is 3.88. The van der Waals surface area contributed by atoms with E-state index in [9.17, 15) is 0 Å². The van der Waals surface area contributed by atoms with E-state index in [0.29, 0.717) is 12.1 Å². The molecule has 1 saturated heterocycles. The summed E-state index contributed by atoms with van der Waals surface area (Å²) in [6.07, 6.45) is 10.4. The lowest BCUT2D eigenvalue weighted by molar-refractivity contribution is -0.00909. The van der Waals surface area contributed by atoms with Crippen molar-refractivity contribution in [1.82, 2.24) is 9.97 Å². The van der Waals surface area contributed by atoms with Crippen LogP contribution in [0.2, 0.25) is 0 Å². The van der Waals surface area contributed by atoms with Crippen molar-refractivity contribution in [2.75, 3.05) is 18.1 Å². The van der Waals surface area contributed by atoms with Crippen LogP contribution in [0.25, 0.3) is 0 Å². The van der Waals surface area contributed by atoms with Crippen LogP contribution in [0.1, 0.15) is 55.6 Å². The second kappa shape index (κ2) is 5.56. The van der Waals surface area contributed by atoms with Crippen LogP contribution >= 0.6 is 0 Å². The van der Waals surface area contributed by atoms with Crippen molar-refractivity contribution in [3.63, 3.8) is 0 Å². The highest BCUT2D eigenvalue weighted by Gasteiger charge is 2.36. The van der Waals surface area contributed by atoms with Gasteiger partial charge in [0.05, 0.1) is 18.8 Å². The SMILES string of the molecule is Cc1nc2c(c(N3CCOC4CCCCC43)n1)CCCC2. The third-order valence-electron chi connectivity index (χ3n) is 5.28. The average molecular weight is 287 g/mol. The van der Waals surface area contributed by atoms with E-state index in [1.807, 2.05) is 6.92 Å². The molecule has 0 radical (unpaired) electrons. The van der Waals surface area contributed by atoms with Crippen LogP contribution in [0, 0.1) is 6.92 Å².